The summed E-state index contributed by atoms with van der Waals surface area (Å²) in [5.74, 6) is 3.95. The zero-order valence-electron chi connectivity index (χ0n) is 28.1. The second kappa shape index (κ2) is 15.9. The molecule has 0 radical (unpaired) electrons. The molecule has 7 unspecified atom stereocenters. The van der Waals surface area contributed by atoms with Gasteiger partial charge in [0.15, 0.2) is 0 Å². The quantitative estimate of drug-likeness (QED) is 0.168. The molecular formula is C37H51ClN4O3S. The van der Waals surface area contributed by atoms with Crippen LogP contribution in [0.1, 0.15) is 98.4 Å². The van der Waals surface area contributed by atoms with E-state index in [2.05, 4.69) is 60.3 Å². The van der Waals surface area contributed by atoms with Crippen LogP contribution in [-0.4, -0.2) is 52.0 Å². The zero-order valence-corrected chi connectivity index (χ0v) is 29.7. The molecule has 1 aliphatic heterocycles. The number of benzene rings is 2. The van der Waals surface area contributed by atoms with Gasteiger partial charge in [0, 0.05) is 60.2 Å². The van der Waals surface area contributed by atoms with Gasteiger partial charge in [-0.15, -0.1) is 0 Å². The molecule has 46 heavy (non-hydrogen) atoms. The van der Waals surface area contributed by atoms with E-state index >= 15 is 0 Å². The minimum absolute atomic E-state index is 0.112. The second-order valence-electron chi connectivity index (χ2n) is 13.5. The van der Waals surface area contributed by atoms with Crippen molar-refractivity contribution in [3.05, 3.63) is 76.3 Å². The normalized spacial score (nSPS) is 22.1. The Balaban J connectivity index is 1.39. The Morgan fingerprint density at radius 2 is 2.00 bits per heavy atom. The molecule has 0 bridgehead atoms. The summed E-state index contributed by atoms with van der Waals surface area (Å²) in [7, 11) is 2.86. The smallest absolute Gasteiger partial charge is 0.150 e. The van der Waals surface area contributed by atoms with Crippen molar-refractivity contribution >= 4 is 34.6 Å². The highest BCUT2D eigenvalue weighted by molar-refractivity contribution is 7.83. The number of anilines is 1. The largest absolute Gasteiger partial charge is 0.491 e. The number of fused-ring (bicyclic) bond motifs is 1. The highest BCUT2D eigenvalue weighted by Gasteiger charge is 2.41. The van der Waals surface area contributed by atoms with Crippen molar-refractivity contribution in [1.82, 2.24) is 14.3 Å². The van der Waals surface area contributed by atoms with Crippen LogP contribution in [0, 0.1) is 17.8 Å². The number of carbonyl (C=O) groups is 1. The van der Waals surface area contributed by atoms with E-state index in [0.29, 0.717) is 35.8 Å². The van der Waals surface area contributed by atoms with Crippen LogP contribution in [0.25, 0.3) is 0 Å². The topological polar surface area (TPSA) is 76.5 Å². The van der Waals surface area contributed by atoms with E-state index in [0.717, 1.165) is 67.9 Å². The average Bonchev–Trinajstić information content (AvgIpc) is 3.39. The van der Waals surface area contributed by atoms with Crippen molar-refractivity contribution in [3.8, 4) is 5.75 Å². The molecule has 2 aliphatic rings. The first-order chi connectivity index (χ1) is 22.2. The molecule has 0 saturated heterocycles. The number of hydrogen-bond acceptors (Lipinski definition) is 5. The molecular weight excluding hydrogens is 616 g/mol. The lowest BCUT2D eigenvalue weighted by Gasteiger charge is -2.45. The van der Waals surface area contributed by atoms with E-state index in [-0.39, 0.29) is 11.2 Å². The first-order valence-corrected chi connectivity index (χ1v) is 18.6. The summed E-state index contributed by atoms with van der Waals surface area (Å²) in [5.41, 5.74) is 4.28. The van der Waals surface area contributed by atoms with Crippen molar-refractivity contribution in [2.24, 2.45) is 24.8 Å². The highest BCUT2D eigenvalue weighted by atomic mass is 35.5. The predicted octanol–water partition coefficient (Wildman–Crippen LogP) is 7.71. The predicted molar refractivity (Wildman–Crippen MR) is 190 cm³/mol. The van der Waals surface area contributed by atoms with Gasteiger partial charge in [0.05, 0.1) is 23.3 Å². The highest BCUT2D eigenvalue weighted by Crippen LogP contribution is 2.48. The number of aldehydes is 1. The standard InChI is InChI=1S/C37H51ClN4O3S/c1-6-8-28-20-31(38)13-15-32(28)30-22-42(35-19-27(23-43)11-16-36(35)45-24-30)21-29-12-14-33(29)34(37-40-17-18-41(37)5)10-7-9-25(2)26(3)46(44)39-4/h11,13,15-20,23,25-26,29-30,33-34,39H,6-10,12,14,21-22,24H2,1-5H3. The number of rotatable bonds is 15. The molecule has 250 valence electrons. The van der Waals surface area contributed by atoms with Gasteiger partial charge < -0.3 is 14.2 Å². The van der Waals surface area contributed by atoms with Crippen molar-refractivity contribution in [3.63, 3.8) is 0 Å². The number of nitrogens with one attached hydrogen (secondary N) is 1. The van der Waals surface area contributed by atoms with Crippen molar-refractivity contribution in [2.45, 2.75) is 82.8 Å². The van der Waals surface area contributed by atoms with Gasteiger partial charge in [0.25, 0.3) is 0 Å². The number of aryl methyl sites for hydroxylation is 2. The number of aromatic nitrogens is 2. The van der Waals surface area contributed by atoms with Crippen LogP contribution in [0.15, 0.2) is 48.8 Å². The Morgan fingerprint density at radius 3 is 2.67 bits per heavy atom. The summed E-state index contributed by atoms with van der Waals surface area (Å²) in [6, 6.07) is 12.1. The summed E-state index contributed by atoms with van der Waals surface area (Å²) in [4.78, 5) is 19.2. The number of ether oxygens (including phenoxy) is 1. The molecule has 1 fully saturated rings. The SMILES string of the molecule is CCCc1cc(Cl)ccc1C1COc2ccc(C=O)cc2N(CC2CCC2C(CCCC(C)C(C)S(=O)NC)c2nccn2C)C1. The maximum absolute atomic E-state index is 12.4. The van der Waals surface area contributed by atoms with Gasteiger partial charge >= 0.3 is 0 Å². The third kappa shape index (κ3) is 7.88. The summed E-state index contributed by atoms with van der Waals surface area (Å²) in [6.45, 7) is 8.82. The van der Waals surface area contributed by atoms with E-state index in [4.69, 9.17) is 21.3 Å². The molecule has 0 spiro atoms. The summed E-state index contributed by atoms with van der Waals surface area (Å²) in [6.07, 6.45) is 12.5. The molecule has 5 rings (SSSR count). The lowest BCUT2D eigenvalue weighted by atomic mass is 9.65. The Labute approximate surface area is 283 Å². The maximum Gasteiger partial charge on any atom is 0.150 e. The van der Waals surface area contributed by atoms with Gasteiger partial charge in [0.2, 0.25) is 0 Å². The van der Waals surface area contributed by atoms with Crippen LogP contribution in [0.3, 0.4) is 0 Å². The molecule has 1 aliphatic carbocycles. The van der Waals surface area contributed by atoms with Crippen LogP contribution in [0.5, 0.6) is 5.75 Å². The Bertz CT molecular complexity index is 1490. The van der Waals surface area contributed by atoms with Gasteiger partial charge in [-0.2, -0.15) is 0 Å². The lowest BCUT2D eigenvalue weighted by Crippen LogP contribution is -2.42. The van der Waals surface area contributed by atoms with E-state index in [1.807, 2.05) is 30.5 Å². The fourth-order valence-electron chi connectivity index (χ4n) is 7.60. The zero-order chi connectivity index (χ0) is 32.8. The third-order valence-electron chi connectivity index (χ3n) is 10.6. The van der Waals surface area contributed by atoms with Crippen molar-refractivity contribution < 1.29 is 13.7 Å². The van der Waals surface area contributed by atoms with E-state index < -0.39 is 11.0 Å². The lowest BCUT2D eigenvalue weighted by molar-refractivity contribution is 0.112. The second-order valence-corrected chi connectivity index (χ2v) is 15.7. The van der Waals surface area contributed by atoms with Crippen LogP contribution in [0.4, 0.5) is 5.69 Å². The Morgan fingerprint density at radius 1 is 1.17 bits per heavy atom. The Kier molecular flexibility index (Phi) is 12.0. The molecule has 1 N–H and O–H groups in total. The first kappa shape index (κ1) is 34.6. The van der Waals surface area contributed by atoms with Crippen molar-refractivity contribution in [2.75, 3.05) is 31.6 Å². The van der Waals surface area contributed by atoms with E-state index in [1.54, 1.807) is 7.05 Å². The first-order valence-electron chi connectivity index (χ1n) is 17.0. The molecule has 1 aromatic heterocycles. The third-order valence-corrected chi connectivity index (χ3v) is 12.3. The molecule has 7 nitrogen and oxygen atoms in total. The number of imidazole rings is 1. The molecule has 3 aromatic rings. The molecule has 7 atom stereocenters. The van der Waals surface area contributed by atoms with Crippen LogP contribution in [0.2, 0.25) is 5.02 Å². The van der Waals surface area contributed by atoms with Crippen molar-refractivity contribution in [1.29, 1.82) is 0 Å². The summed E-state index contributed by atoms with van der Waals surface area (Å²) >= 11 is 6.44. The molecule has 9 heteroatoms. The van der Waals surface area contributed by atoms with E-state index in [9.17, 15) is 9.00 Å². The molecule has 2 aromatic carbocycles. The summed E-state index contributed by atoms with van der Waals surface area (Å²) in [5, 5.41) is 0.885. The molecule has 0 amide bonds. The van der Waals surface area contributed by atoms with Crippen LogP contribution < -0.4 is 14.4 Å². The van der Waals surface area contributed by atoms with Gasteiger partial charge in [-0.1, -0.05) is 44.4 Å². The minimum Gasteiger partial charge on any atom is -0.491 e. The number of carbonyl (C=O) groups excluding carboxylic acids is 1. The van der Waals surface area contributed by atoms with Crippen LogP contribution >= 0.6 is 11.6 Å². The average molecular weight is 667 g/mol. The molecule has 2 heterocycles. The van der Waals surface area contributed by atoms with Crippen LogP contribution in [-0.2, 0) is 24.5 Å². The van der Waals surface area contributed by atoms with Gasteiger partial charge in [-0.05, 0) is 105 Å². The monoisotopic (exact) mass is 666 g/mol. The van der Waals surface area contributed by atoms with Gasteiger partial charge in [0.1, 0.15) is 17.9 Å². The maximum atomic E-state index is 12.4. The summed E-state index contributed by atoms with van der Waals surface area (Å²) < 4.78 is 24.0. The number of nitrogens with zero attached hydrogens (tertiary/aromatic N) is 3. The fourth-order valence-corrected chi connectivity index (χ4v) is 8.72. The fraction of sp³-hybridized carbons (Fsp3) is 0.568. The molecule has 1 saturated carbocycles. The Hall–Kier alpha value is -2.68. The number of halogens is 1. The van der Waals surface area contributed by atoms with Gasteiger partial charge in [-0.25, -0.2) is 13.9 Å². The van der Waals surface area contributed by atoms with E-state index in [1.165, 1.54) is 29.8 Å². The van der Waals surface area contributed by atoms with Gasteiger partial charge in [-0.3, -0.25) is 4.79 Å². The minimum atomic E-state index is -1.01. The number of hydrogen-bond donors (Lipinski definition) is 1.